The first-order valence-corrected chi connectivity index (χ1v) is 6.50. The molecule has 0 saturated carbocycles. The molecule has 3 nitrogen and oxygen atoms in total. The van der Waals surface area contributed by atoms with Crippen molar-refractivity contribution in [2.24, 2.45) is 0 Å². The number of aromatic nitrogens is 2. The van der Waals surface area contributed by atoms with Gasteiger partial charge in [0.15, 0.2) is 0 Å². The van der Waals surface area contributed by atoms with Gasteiger partial charge in [0.25, 0.3) is 0 Å². The highest BCUT2D eigenvalue weighted by Crippen LogP contribution is 2.24. The van der Waals surface area contributed by atoms with Crippen LogP contribution in [-0.2, 0) is 6.54 Å². The van der Waals surface area contributed by atoms with E-state index in [0.717, 1.165) is 6.54 Å². The number of aromatic amines is 1. The number of nitrogens with zero attached hydrogens (tertiary/aromatic N) is 1. The molecule has 2 heterocycles. The molecule has 2 rings (SSSR count). The summed E-state index contributed by atoms with van der Waals surface area (Å²) < 4.78 is 1.75. The molecule has 1 saturated heterocycles. The predicted octanol–water partition coefficient (Wildman–Crippen LogP) is 1.02. The second kappa shape index (κ2) is 4.28. The average Bonchev–Trinajstić information content (AvgIpc) is 2.54. The molecule has 1 aromatic heterocycles. The minimum atomic E-state index is 0.0103. The van der Waals surface area contributed by atoms with E-state index in [0.29, 0.717) is 5.25 Å². The van der Waals surface area contributed by atoms with Crippen molar-refractivity contribution in [1.82, 2.24) is 9.55 Å². The fourth-order valence-electron chi connectivity index (χ4n) is 1.35. The second-order valence-corrected chi connectivity index (χ2v) is 5.54. The maximum Gasteiger partial charge on any atom is 0.325 e. The quantitative estimate of drug-likeness (QED) is 0.802. The summed E-state index contributed by atoms with van der Waals surface area (Å²) in [4.78, 5) is 13.8. The highest BCUT2D eigenvalue weighted by Gasteiger charge is 2.15. The van der Waals surface area contributed by atoms with Crippen LogP contribution in [0.3, 0.4) is 0 Å². The van der Waals surface area contributed by atoms with Gasteiger partial charge in [0.05, 0.1) is 0 Å². The summed E-state index contributed by atoms with van der Waals surface area (Å²) in [6.07, 6.45) is 3.52. The lowest BCUT2D eigenvalue weighted by Gasteiger charge is -2.20. The second-order valence-electron chi connectivity index (χ2n) is 2.99. The highest BCUT2D eigenvalue weighted by molar-refractivity contribution is 8.06. The van der Waals surface area contributed by atoms with Crippen LogP contribution in [0, 0.1) is 0 Å². The molecule has 1 fully saturated rings. The molecule has 0 aromatic carbocycles. The molecule has 0 amide bonds. The van der Waals surface area contributed by atoms with Gasteiger partial charge in [0, 0.05) is 41.4 Å². The summed E-state index contributed by atoms with van der Waals surface area (Å²) in [6.45, 7) is 0.847. The Morgan fingerprint density at radius 3 is 3.15 bits per heavy atom. The Hall–Kier alpha value is -0.290. The van der Waals surface area contributed by atoms with Crippen LogP contribution in [0.2, 0.25) is 0 Å². The van der Waals surface area contributed by atoms with E-state index in [1.165, 1.54) is 17.3 Å². The van der Waals surface area contributed by atoms with Gasteiger partial charge in [-0.1, -0.05) is 0 Å². The summed E-state index contributed by atoms with van der Waals surface area (Å²) >= 11 is 3.96. The van der Waals surface area contributed by atoms with Gasteiger partial charge in [-0.05, 0) is 0 Å². The maximum atomic E-state index is 11.2. The number of hydrogen-bond acceptors (Lipinski definition) is 3. The average molecular weight is 216 g/mol. The van der Waals surface area contributed by atoms with Gasteiger partial charge in [0.2, 0.25) is 0 Å². The monoisotopic (exact) mass is 216 g/mol. The molecule has 1 N–H and O–H groups in total. The molecule has 0 bridgehead atoms. The van der Waals surface area contributed by atoms with E-state index in [9.17, 15) is 4.79 Å². The Bertz CT molecular complexity index is 314. The van der Waals surface area contributed by atoms with Crippen molar-refractivity contribution in [2.45, 2.75) is 11.8 Å². The molecule has 5 heteroatoms. The number of nitrogens with one attached hydrogen (secondary N) is 1. The van der Waals surface area contributed by atoms with E-state index in [-0.39, 0.29) is 5.69 Å². The van der Waals surface area contributed by atoms with Crippen LogP contribution in [0.5, 0.6) is 0 Å². The number of H-pyrrole nitrogens is 1. The van der Waals surface area contributed by atoms with Gasteiger partial charge in [0.1, 0.15) is 0 Å². The van der Waals surface area contributed by atoms with E-state index in [1.807, 2.05) is 29.7 Å². The van der Waals surface area contributed by atoms with Crippen molar-refractivity contribution in [3.63, 3.8) is 0 Å². The summed E-state index contributed by atoms with van der Waals surface area (Å²) in [7, 11) is 0. The molecule has 1 aromatic rings. The number of thioether (sulfide) groups is 2. The van der Waals surface area contributed by atoms with Crippen molar-refractivity contribution in [1.29, 1.82) is 0 Å². The molecule has 0 aliphatic carbocycles. The number of imidazole rings is 1. The molecular weight excluding hydrogens is 204 g/mol. The summed E-state index contributed by atoms with van der Waals surface area (Å²) in [5.41, 5.74) is 0.0103. The van der Waals surface area contributed by atoms with E-state index in [4.69, 9.17) is 0 Å². The molecule has 13 heavy (non-hydrogen) atoms. The van der Waals surface area contributed by atoms with Crippen LogP contribution < -0.4 is 5.69 Å². The maximum absolute atomic E-state index is 11.2. The third-order valence-electron chi connectivity index (χ3n) is 2.01. The predicted molar refractivity (Wildman–Crippen MR) is 58.6 cm³/mol. The first-order chi connectivity index (χ1) is 6.36. The molecule has 72 valence electrons. The van der Waals surface area contributed by atoms with Crippen LogP contribution in [0.15, 0.2) is 17.2 Å². The van der Waals surface area contributed by atoms with Crippen LogP contribution in [-0.4, -0.2) is 32.1 Å². The third kappa shape index (κ3) is 2.34. The Kier molecular flexibility index (Phi) is 3.05. The van der Waals surface area contributed by atoms with E-state index in [1.54, 1.807) is 10.8 Å². The van der Waals surface area contributed by atoms with Gasteiger partial charge in [-0.15, -0.1) is 0 Å². The Morgan fingerprint density at radius 2 is 2.54 bits per heavy atom. The fourth-order valence-corrected chi connectivity index (χ4v) is 4.02. The van der Waals surface area contributed by atoms with E-state index >= 15 is 0 Å². The molecule has 0 spiro atoms. The normalized spacial score (nSPS) is 23.2. The molecule has 0 radical (unpaired) electrons. The zero-order valence-corrected chi connectivity index (χ0v) is 8.87. The van der Waals surface area contributed by atoms with Crippen molar-refractivity contribution in [3.05, 3.63) is 22.9 Å². The lowest BCUT2D eigenvalue weighted by molar-refractivity contribution is 0.671. The minimum absolute atomic E-state index is 0.0103. The molecule has 1 unspecified atom stereocenters. The van der Waals surface area contributed by atoms with Crippen LogP contribution >= 0.6 is 23.5 Å². The molecule has 1 aliphatic rings. The van der Waals surface area contributed by atoms with E-state index < -0.39 is 0 Å². The highest BCUT2D eigenvalue weighted by atomic mass is 32.2. The van der Waals surface area contributed by atoms with Crippen molar-refractivity contribution >= 4 is 23.5 Å². The lowest BCUT2D eigenvalue weighted by atomic mass is 10.4. The standard InChI is InChI=1S/C8H12N2OS2/c11-8-9-1-2-10(8)5-7-6-12-3-4-13-7/h1-2,7H,3-6H2,(H,9,11). The zero-order chi connectivity index (χ0) is 9.10. The fraction of sp³-hybridized carbons (Fsp3) is 0.625. The van der Waals surface area contributed by atoms with Gasteiger partial charge in [-0.3, -0.25) is 4.57 Å². The Balaban J connectivity index is 1.97. The van der Waals surface area contributed by atoms with Gasteiger partial charge in [-0.25, -0.2) is 4.79 Å². The summed E-state index contributed by atoms with van der Waals surface area (Å²) in [5, 5.41) is 0.604. The smallest absolute Gasteiger partial charge is 0.313 e. The number of hydrogen-bond donors (Lipinski definition) is 1. The van der Waals surface area contributed by atoms with Crippen LogP contribution in [0.1, 0.15) is 0 Å². The Labute approximate surface area is 85.3 Å². The Morgan fingerprint density at radius 1 is 1.62 bits per heavy atom. The van der Waals surface area contributed by atoms with Gasteiger partial charge in [-0.2, -0.15) is 23.5 Å². The van der Waals surface area contributed by atoms with Crippen molar-refractivity contribution < 1.29 is 0 Å². The topological polar surface area (TPSA) is 37.8 Å². The van der Waals surface area contributed by atoms with E-state index in [2.05, 4.69) is 4.98 Å². The van der Waals surface area contributed by atoms with Gasteiger partial charge >= 0.3 is 5.69 Å². The lowest BCUT2D eigenvalue weighted by Crippen LogP contribution is -2.26. The van der Waals surface area contributed by atoms with Crippen molar-refractivity contribution in [2.75, 3.05) is 17.3 Å². The molecule has 1 atom stereocenters. The summed E-state index contributed by atoms with van der Waals surface area (Å²) in [6, 6.07) is 0. The SMILES string of the molecule is O=c1[nH]ccn1CC1CSCCS1. The third-order valence-corrected chi connectivity index (χ3v) is 4.83. The minimum Gasteiger partial charge on any atom is -0.313 e. The van der Waals surface area contributed by atoms with Gasteiger partial charge < -0.3 is 4.98 Å². The number of rotatable bonds is 2. The summed E-state index contributed by atoms with van der Waals surface area (Å²) in [5.74, 6) is 3.64. The van der Waals surface area contributed by atoms with Crippen LogP contribution in [0.4, 0.5) is 0 Å². The zero-order valence-electron chi connectivity index (χ0n) is 7.23. The van der Waals surface area contributed by atoms with Crippen LogP contribution in [0.25, 0.3) is 0 Å². The first kappa shape index (κ1) is 9.27. The molecule has 1 aliphatic heterocycles. The first-order valence-electron chi connectivity index (χ1n) is 4.29. The molecular formula is C8H12N2OS2. The largest absolute Gasteiger partial charge is 0.325 e. The van der Waals surface area contributed by atoms with Crippen molar-refractivity contribution in [3.8, 4) is 0 Å².